The summed E-state index contributed by atoms with van der Waals surface area (Å²) < 4.78 is 15.2. The molecule has 0 aliphatic rings. The zero-order chi connectivity index (χ0) is 14.7. The summed E-state index contributed by atoms with van der Waals surface area (Å²) in [7, 11) is 1.89. The highest BCUT2D eigenvalue weighted by Gasteiger charge is 2.17. The molecule has 1 unspecified atom stereocenters. The van der Waals surface area contributed by atoms with Gasteiger partial charge in [0.05, 0.1) is 5.02 Å². The van der Waals surface area contributed by atoms with Gasteiger partial charge in [-0.1, -0.05) is 41.9 Å². The fourth-order valence-electron chi connectivity index (χ4n) is 2.23. The van der Waals surface area contributed by atoms with Crippen LogP contribution in [-0.2, 0) is 6.42 Å². The molecule has 2 aromatic carbocycles. The van der Waals surface area contributed by atoms with Crippen molar-refractivity contribution in [2.75, 3.05) is 7.05 Å². The Morgan fingerprint density at radius 3 is 2.65 bits per heavy atom. The second-order valence-electron chi connectivity index (χ2n) is 4.74. The molecular formula is C16H16ClFIN. The second-order valence-corrected chi connectivity index (χ2v) is 6.22. The third-order valence-corrected chi connectivity index (χ3v) is 5.17. The van der Waals surface area contributed by atoms with Crippen molar-refractivity contribution in [3.8, 4) is 0 Å². The van der Waals surface area contributed by atoms with Gasteiger partial charge in [-0.25, -0.2) is 4.39 Å². The van der Waals surface area contributed by atoms with Crippen LogP contribution in [-0.4, -0.2) is 7.05 Å². The van der Waals surface area contributed by atoms with E-state index in [-0.39, 0.29) is 16.9 Å². The zero-order valence-corrected chi connectivity index (χ0v) is 14.3. The summed E-state index contributed by atoms with van der Waals surface area (Å²) in [5, 5.41) is 3.44. The highest BCUT2D eigenvalue weighted by atomic mass is 127. The van der Waals surface area contributed by atoms with E-state index in [1.54, 1.807) is 18.2 Å². The molecule has 2 rings (SSSR count). The van der Waals surface area contributed by atoms with Gasteiger partial charge in [-0.3, -0.25) is 0 Å². The molecule has 0 heterocycles. The van der Waals surface area contributed by atoms with Crippen LogP contribution in [0.4, 0.5) is 4.39 Å². The minimum atomic E-state index is -0.322. The van der Waals surface area contributed by atoms with E-state index >= 15 is 0 Å². The third-order valence-electron chi connectivity index (χ3n) is 3.40. The van der Waals surface area contributed by atoms with Crippen LogP contribution in [0.3, 0.4) is 0 Å². The molecule has 106 valence electrons. The lowest BCUT2D eigenvalue weighted by atomic mass is 9.97. The molecule has 1 N–H and O–H groups in total. The maximum atomic E-state index is 14.0. The third kappa shape index (κ3) is 3.32. The van der Waals surface area contributed by atoms with Crippen LogP contribution in [0.5, 0.6) is 0 Å². The van der Waals surface area contributed by atoms with Crippen LogP contribution in [0.1, 0.15) is 22.7 Å². The van der Waals surface area contributed by atoms with Gasteiger partial charge in [-0.05, 0) is 65.7 Å². The van der Waals surface area contributed by atoms with E-state index in [4.69, 9.17) is 11.6 Å². The molecule has 0 radical (unpaired) electrons. The molecule has 0 saturated carbocycles. The average Bonchev–Trinajstić information content (AvgIpc) is 2.44. The van der Waals surface area contributed by atoms with Gasteiger partial charge in [0.1, 0.15) is 5.82 Å². The maximum Gasteiger partial charge on any atom is 0.145 e. The van der Waals surface area contributed by atoms with E-state index in [0.717, 1.165) is 0 Å². The summed E-state index contributed by atoms with van der Waals surface area (Å²) in [6.45, 7) is 2.08. The van der Waals surface area contributed by atoms with Gasteiger partial charge in [-0.2, -0.15) is 0 Å². The molecule has 0 aliphatic carbocycles. The Balaban J connectivity index is 2.34. The molecule has 2 aromatic rings. The van der Waals surface area contributed by atoms with E-state index in [1.807, 2.05) is 13.1 Å². The lowest BCUT2D eigenvalue weighted by molar-refractivity contribution is 0.553. The first-order valence-electron chi connectivity index (χ1n) is 6.39. The van der Waals surface area contributed by atoms with Crippen LogP contribution >= 0.6 is 34.2 Å². The Bertz CT molecular complexity index is 615. The quantitative estimate of drug-likeness (QED) is 0.716. The predicted octanol–water partition coefficient (Wildman–Crippen LogP) is 4.90. The number of rotatable bonds is 4. The summed E-state index contributed by atoms with van der Waals surface area (Å²) in [5.74, 6) is -0.322. The van der Waals surface area contributed by atoms with Crippen molar-refractivity contribution >= 4 is 34.2 Å². The summed E-state index contributed by atoms with van der Waals surface area (Å²) in [6, 6.07) is 11.4. The molecule has 0 amide bonds. The fraction of sp³-hybridized carbons (Fsp3) is 0.250. The molecule has 0 bridgehead atoms. The minimum Gasteiger partial charge on any atom is -0.313 e. The normalized spacial score (nSPS) is 12.4. The predicted molar refractivity (Wildman–Crippen MR) is 90.8 cm³/mol. The van der Waals surface area contributed by atoms with Gasteiger partial charge in [0.2, 0.25) is 0 Å². The van der Waals surface area contributed by atoms with Crippen molar-refractivity contribution in [3.05, 3.63) is 67.5 Å². The average molecular weight is 404 g/mol. The Kier molecular flexibility index (Phi) is 5.41. The van der Waals surface area contributed by atoms with Crippen molar-refractivity contribution in [3.63, 3.8) is 0 Å². The van der Waals surface area contributed by atoms with E-state index < -0.39 is 0 Å². The van der Waals surface area contributed by atoms with Gasteiger partial charge < -0.3 is 5.32 Å². The summed E-state index contributed by atoms with van der Waals surface area (Å²) in [6.07, 6.45) is 0.572. The largest absolute Gasteiger partial charge is 0.313 e. The van der Waals surface area contributed by atoms with E-state index in [1.165, 1.54) is 14.7 Å². The number of nitrogens with one attached hydrogen (secondary N) is 1. The van der Waals surface area contributed by atoms with Crippen LogP contribution in [0.15, 0.2) is 36.4 Å². The summed E-state index contributed by atoms with van der Waals surface area (Å²) in [5.41, 5.74) is 3.05. The molecule has 1 nitrogen and oxygen atoms in total. The zero-order valence-electron chi connectivity index (χ0n) is 11.4. The van der Waals surface area contributed by atoms with Crippen molar-refractivity contribution < 1.29 is 4.39 Å². The minimum absolute atomic E-state index is 0.0646. The van der Waals surface area contributed by atoms with E-state index in [2.05, 4.69) is 47.0 Å². The smallest absolute Gasteiger partial charge is 0.145 e. The second kappa shape index (κ2) is 6.87. The highest BCUT2D eigenvalue weighted by molar-refractivity contribution is 14.1. The topological polar surface area (TPSA) is 12.0 Å². The number of aryl methyl sites for hydroxylation is 1. The molecule has 0 saturated heterocycles. The van der Waals surface area contributed by atoms with Crippen LogP contribution in [0.2, 0.25) is 5.02 Å². The molecule has 0 fully saturated rings. The molecular weight excluding hydrogens is 388 g/mol. The molecule has 4 heteroatoms. The van der Waals surface area contributed by atoms with E-state index in [0.29, 0.717) is 12.0 Å². The fourth-order valence-corrected chi connectivity index (χ4v) is 3.16. The van der Waals surface area contributed by atoms with Gasteiger partial charge in [0.25, 0.3) is 0 Å². The number of hydrogen-bond acceptors (Lipinski definition) is 1. The molecule has 0 aromatic heterocycles. The van der Waals surface area contributed by atoms with E-state index in [9.17, 15) is 4.39 Å². The van der Waals surface area contributed by atoms with Crippen molar-refractivity contribution in [2.24, 2.45) is 0 Å². The number of benzene rings is 2. The lowest BCUT2D eigenvalue weighted by Gasteiger charge is -2.20. The molecule has 20 heavy (non-hydrogen) atoms. The van der Waals surface area contributed by atoms with Gasteiger partial charge in [0.15, 0.2) is 0 Å². The van der Waals surface area contributed by atoms with Crippen molar-refractivity contribution in [1.82, 2.24) is 5.32 Å². The molecule has 0 aliphatic heterocycles. The molecule has 0 spiro atoms. The summed E-state index contributed by atoms with van der Waals surface area (Å²) in [4.78, 5) is 0. The van der Waals surface area contributed by atoms with Gasteiger partial charge >= 0.3 is 0 Å². The lowest BCUT2D eigenvalue weighted by Crippen LogP contribution is -2.20. The first-order chi connectivity index (χ1) is 9.54. The van der Waals surface area contributed by atoms with Crippen LogP contribution in [0, 0.1) is 16.3 Å². The van der Waals surface area contributed by atoms with Crippen molar-refractivity contribution in [2.45, 2.75) is 19.4 Å². The summed E-state index contributed by atoms with van der Waals surface area (Å²) >= 11 is 8.19. The van der Waals surface area contributed by atoms with Gasteiger partial charge in [0, 0.05) is 9.61 Å². The number of halogens is 3. The number of likely N-dealkylation sites (N-methyl/N-ethyl adjacent to an activating group) is 1. The SMILES string of the molecule is CNC(Cc1cccc(Cl)c1F)c1cccc(C)c1I. The first-order valence-corrected chi connectivity index (χ1v) is 7.85. The Morgan fingerprint density at radius 2 is 1.95 bits per heavy atom. The Morgan fingerprint density at radius 1 is 1.25 bits per heavy atom. The first kappa shape index (κ1) is 15.7. The molecule has 1 atom stereocenters. The monoisotopic (exact) mass is 403 g/mol. The van der Waals surface area contributed by atoms with Crippen LogP contribution in [0.25, 0.3) is 0 Å². The van der Waals surface area contributed by atoms with Crippen molar-refractivity contribution in [1.29, 1.82) is 0 Å². The van der Waals surface area contributed by atoms with Crippen LogP contribution < -0.4 is 5.32 Å². The maximum absolute atomic E-state index is 14.0. The Hall–Kier alpha value is -0.650. The van der Waals surface area contributed by atoms with Gasteiger partial charge in [-0.15, -0.1) is 0 Å². The standard InChI is InChI=1S/C16H16ClFIN/c1-10-5-3-7-12(16(10)19)14(20-2)9-11-6-4-8-13(17)15(11)18/h3-8,14,20H,9H2,1-2H3. The highest BCUT2D eigenvalue weighted by Crippen LogP contribution is 2.27. The number of hydrogen-bond donors (Lipinski definition) is 1. The Labute approximate surface area is 137 Å².